The molecule has 0 spiro atoms. The highest BCUT2D eigenvalue weighted by atomic mass is 127. The Morgan fingerprint density at radius 3 is 2.27 bits per heavy atom. The van der Waals surface area contributed by atoms with Crippen LogP contribution >= 0.6 is 22.6 Å². The van der Waals surface area contributed by atoms with Crippen LogP contribution in [0.3, 0.4) is 0 Å². The monoisotopic (exact) mass is 258 g/mol. The van der Waals surface area contributed by atoms with Crippen LogP contribution in [0, 0.1) is 9.49 Å². The van der Waals surface area contributed by atoms with E-state index in [1.54, 1.807) is 0 Å². The molecule has 2 rings (SSSR count). The zero-order valence-electron chi connectivity index (χ0n) is 6.55. The Morgan fingerprint density at radius 1 is 1.27 bits per heavy atom. The van der Waals surface area contributed by atoms with Gasteiger partial charge in [-0.05, 0) is 58.5 Å². The van der Waals surface area contributed by atoms with Crippen LogP contribution in [-0.2, 0) is 0 Å². The van der Waals surface area contributed by atoms with E-state index in [0.29, 0.717) is 0 Å². The standard InChI is InChI=1S/C10H11I/c1-7-6-10(7)8-2-4-9(11)5-3-8/h2-5,7,10H,6H2,1H3. The Bertz CT molecular complexity index is 250. The van der Waals surface area contributed by atoms with E-state index in [1.165, 1.54) is 15.6 Å². The summed E-state index contributed by atoms with van der Waals surface area (Å²) in [4.78, 5) is 0. The highest BCUT2D eigenvalue weighted by molar-refractivity contribution is 14.1. The van der Waals surface area contributed by atoms with Gasteiger partial charge < -0.3 is 0 Å². The summed E-state index contributed by atoms with van der Waals surface area (Å²) in [5.41, 5.74) is 1.53. The third-order valence-electron chi connectivity index (χ3n) is 2.41. The fourth-order valence-corrected chi connectivity index (χ4v) is 1.86. The van der Waals surface area contributed by atoms with Crippen LogP contribution in [0.4, 0.5) is 0 Å². The van der Waals surface area contributed by atoms with Gasteiger partial charge in [0.05, 0.1) is 0 Å². The molecule has 0 N–H and O–H groups in total. The molecule has 0 heterocycles. The molecule has 2 atom stereocenters. The third-order valence-corrected chi connectivity index (χ3v) is 3.13. The van der Waals surface area contributed by atoms with E-state index >= 15 is 0 Å². The first-order chi connectivity index (χ1) is 5.27. The molecular weight excluding hydrogens is 247 g/mol. The van der Waals surface area contributed by atoms with Gasteiger partial charge in [-0.1, -0.05) is 19.1 Å². The summed E-state index contributed by atoms with van der Waals surface area (Å²) in [7, 11) is 0. The van der Waals surface area contributed by atoms with Crippen molar-refractivity contribution in [1.82, 2.24) is 0 Å². The third kappa shape index (κ3) is 1.58. The predicted molar refractivity (Wildman–Crippen MR) is 55.7 cm³/mol. The van der Waals surface area contributed by atoms with E-state index in [-0.39, 0.29) is 0 Å². The quantitative estimate of drug-likeness (QED) is 0.677. The Kier molecular flexibility index (Phi) is 1.91. The lowest BCUT2D eigenvalue weighted by Crippen LogP contribution is -1.80. The van der Waals surface area contributed by atoms with Crippen molar-refractivity contribution in [1.29, 1.82) is 0 Å². The summed E-state index contributed by atoms with van der Waals surface area (Å²) >= 11 is 2.35. The molecule has 1 aromatic rings. The Hall–Kier alpha value is -0.0500. The van der Waals surface area contributed by atoms with Crippen LogP contribution in [-0.4, -0.2) is 0 Å². The molecule has 11 heavy (non-hydrogen) atoms. The molecule has 58 valence electrons. The van der Waals surface area contributed by atoms with E-state index in [4.69, 9.17) is 0 Å². The first-order valence-corrected chi connectivity index (χ1v) is 5.10. The van der Waals surface area contributed by atoms with Gasteiger partial charge in [0.15, 0.2) is 0 Å². The minimum absolute atomic E-state index is 0.868. The van der Waals surface area contributed by atoms with E-state index in [0.717, 1.165) is 11.8 Å². The molecular formula is C10H11I. The molecule has 0 radical (unpaired) electrons. The van der Waals surface area contributed by atoms with E-state index in [9.17, 15) is 0 Å². The molecule has 1 aliphatic rings. The van der Waals surface area contributed by atoms with Gasteiger partial charge in [-0.2, -0.15) is 0 Å². The second kappa shape index (κ2) is 2.77. The Balaban J connectivity index is 2.21. The average Bonchev–Trinajstić information content (AvgIpc) is 2.69. The maximum Gasteiger partial charge on any atom is 0.0130 e. The first kappa shape index (κ1) is 7.59. The summed E-state index contributed by atoms with van der Waals surface area (Å²) in [6, 6.07) is 8.91. The van der Waals surface area contributed by atoms with Crippen molar-refractivity contribution in [3.05, 3.63) is 33.4 Å². The number of rotatable bonds is 1. The normalized spacial score (nSPS) is 28.5. The smallest absolute Gasteiger partial charge is 0.0130 e. The Morgan fingerprint density at radius 2 is 1.82 bits per heavy atom. The molecule has 1 fully saturated rings. The van der Waals surface area contributed by atoms with Crippen molar-refractivity contribution in [3.8, 4) is 0 Å². The molecule has 0 aliphatic heterocycles. The fraction of sp³-hybridized carbons (Fsp3) is 0.400. The Labute approximate surface area is 81.1 Å². The fourth-order valence-electron chi connectivity index (χ4n) is 1.50. The van der Waals surface area contributed by atoms with Gasteiger partial charge in [-0.3, -0.25) is 0 Å². The molecule has 1 heteroatoms. The van der Waals surface area contributed by atoms with Crippen molar-refractivity contribution in [3.63, 3.8) is 0 Å². The first-order valence-electron chi connectivity index (χ1n) is 4.03. The number of hydrogen-bond donors (Lipinski definition) is 0. The highest BCUT2D eigenvalue weighted by Crippen LogP contribution is 2.46. The van der Waals surface area contributed by atoms with Crippen molar-refractivity contribution in [2.24, 2.45) is 5.92 Å². The van der Waals surface area contributed by atoms with Crippen molar-refractivity contribution < 1.29 is 0 Å². The van der Waals surface area contributed by atoms with Gasteiger partial charge in [-0.25, -0.2) is 0 Å². The van der Waals surface area contributed by atoms with Crippen molar-refractivity contribution in [2.45, 2.75) is 19.3 Å². The zero-order valence-corrected chi connectivity index (χ0v) is 8.71. The number of benzene rings is 1. The van der Waals surface area contributed by atoms with Crippen LogP contribution in [0.2, 0.25) is 0 Å². The summed E-state index contributed by atoms with van der Waals surface area (Å²) in [5.74, 6) is 1.79. The van der Waals surface area contributed by atoms with Crippen LogP contribution in [0.1, 0.15) is 24.8 Å². The van der Waals surface area contributed by atoms with E-state index in [1.807, 2.05) is 0 Å². The van der Waals surface area contributed by atoms with Gasteiger partial charge in [0, 0.05) is 3.57 Å². The van der Waals surface area contributed by atoms with Crippen molar-refractivity contribution >= 4 is 22.6 Å². The molecule has 0 amide bonds. The second-order valence-electron chi connectivity index (χ2n) is 3.37. The van der Waals surface area contributed by atoms with E-state index < -0.39 is 0 Å². The average molecular weight is 258 g/mol. The minimum atomic E-state index is 0.868. The lowest BCUT2D eigenvalue weighted by Gasteiger charge is -1.97. The van der Waals surface area contributed by atoms with Crippen molar-refractivity contribution in [2.75, 3.05) is 0 Å². The van der Waals surface area contributed by atoms with Gasteiger partial charge in [0.25, 0.3) is 0 Å². The largest absolute Gasteiger partial charge is 0.0619 e. The molecule has 2 unspecified atom stereocenters. The summed E-state index contributed by atoms with van der Waals surface area (Å²) in [6.07, 6.45) is 1.39. The molecule has 0 nitrogen and oxygen atoms in total. The van der Waals surface area contributed by atoms with Crippen LogP contribution in [0.5, 0.6) is 0 Å². The van der Waals surface area contributed by atoms with E-state index in [2.05, 4.69) is 53.8 Å². The van der Waals surface area contributed by atoms with Gasteiger partial charge in [0.2, 0.25) is 0 Å². The van der Waals surface area contributed by atoms with Crippen LogP contribution in [0.25, 0.3) is 0 Å². The number of halogens is 1. The molecule has 1 aliphatic carbocycles. The summed E-state index contributed by atoms with van der Waals surface area (Å²) in [6.45, 7) is 2.32. The zero-order chi connectivity index (χ0) is 7.84. The number of hydrogen-bond acceptors (Lipinski definition) is 0. The maximum absolute atomic E-state index is 2.35. The second-order valence-corrected chi connectivity index (χ2v) is 4.62. The highest BCUT2D eigenvalue weighted by Gasteiger charge is 2.33. The summed E-state index contributed by atoms with van der Waals surface area (Å²) in [5, 5.41) is 0. The van der Waals surface area contributed by atoms with Gasteiger partial charge in [-0.15, -0.1) is 0 Å². The topological polar surface area (TPSA) is 0 Å². The lowest BCUT2D eigenvalue weighted by atomic mass is 10.1. The van der Waals surface area contributed by atoms with Crippen LogP contribution in [0.15, 0.2) is 24.3 Å². The molecule has 0 bridgehead atoms. The minimum Gasteiger partial charge on any atom is -0.0619 e. The summed E-state index contributed by atoms with van der Waals surface area (Å²) < 4.78 is 1.33. The predicted octanol–water partition coefficient (Wildman–Crippen LogP) is 3.41. The molecule has 1 saturated carbocycles. The van der Waals surface area contributed by atoms with Gasteiger partial charge in [0.1, 0.15) is 0 Å². The SMILES string of the molecule is CC1CC1c1ccc(I)cc1. The molecule has 0 aromatic heterocycles. The van der Waals surface area contributed by atoms with Gasteiger partial charge >= 0.3 is 0 Å². The maximum atomic E-state index is 2.35. The van der Waals surface area contributed by atoms with Crippen LogP contribution < -0.4 is 0 Å². The molecule has 0 saturated heterocycles. The lowest BCUT2D eigenvalue weighted by molar-refractivity contribution is 0.914. The molecule has 1 aromatic carbocycles.